The number of piperidine rings is 1. The number of hydrogen-bond donors (Lipinski definition) is 1. The average Bonchev–Trinajstić information content (AvgIpc) is 3.22. The molecule has 162 valence electrons. The zero-order valence-corrected chi connectivity index (χ0v) is 16.5. The van der Waals surface area contributed by atoms with Crippen molar-refractivity contribution < 1.29 is 22.7 Å². The summed E-state index contributed by atoms with van der Waals surface area (Å²) in [5.41, 5.74) is 0. The molecule has 2 aliphatic rings. The molecular formula is C20H24F3N5O2. The number of benzene rings is 1. The van der Waals surface area contributed by atoms with E-state index < -0.39 is 24.4 Å². The molecule has 2 aromatic rings. The van der Waals surface area contributed by atoms with E-state index in [1.54, 1.807) is 24.0 Å². The van der Waals surface area contributed by atoms with E-state index in [2.05, 4.69) is 15.4 Å². The van der Waals surface area contributed by atoms with Crippen LogP contribution in [0.4, 0.5) is 19.1 Å². The third kappa shape index (κ3) is 4.08. The molecule has 2 aliphatic heterocycles. The molecule has 1 aromatic heterocycles. The number of amides is 1. The first-order valence-corrected chi connectivity index (χ1v) is 10.1. The molecule has 1 amide bonds. The number of likely N-dealkylation sites (tertiary alicyclic amines) is 1. The lowest BCUT2D eigenvalue weighted by molar-refractivity contribution is -0.140. The number of nitrogens with zero attached hydrogens (tertiary/aromatic N) is 4. The van der Waals surface area contributed by atoms with Gasteiger partial charge in [-0.05, 0) is 44.2 Å². The third-order valence-electron chi connectivity index (χ3n) is 5.81. The molecule has 10 heteroatoms. The van der Waals surface area contributed by atoms with Gasteiger partial charge < -0.3 is 15.0 Å². The molecule has 0 aliphatic carbocycles. The number of fused-ring (bicyclic) bond motifs is 1. The van der Waals surface area contributed by atoms with E-state index in [-0.39, 0.29) is 30.0 Å². The normalized spacial score (nSPS) is 24.8. The Hall–Kier alpha value is -2.78. The van der Waals surface area contributed by atoms with Crippen LogP contribution in [0.1, 0.15) is 32.2 Å². The molecule has 4 rings (SSSR count). The number of alkyl halides is 2. The summed E-state index contributed by atoms with van der Waals surface area (Å²) in [6.45, 7) is 2.57. The fourth-order valence-electron chi connectivity index (χ4n) is 4.28. The minimum absolute atomic E-state index is 0.00457. The lowest BCUT2D eigenvalue weighted by Gasteiger charge is -2.41. The molecule has 1 fully saturated rings. The van der Waals surface area contributed by atoms with Crippen LogP contribution in [0.2, 0.25) is 0 Å². The lowest BCUT2D eigenvalue weighted by Crippen LogP contribution is -2.50. The van der Waals surface area contributed by atoms with Gasteiger partial charge in [-0.25, -0.2) is 17.9 Å². The third-order valence-corrected chi connectivity index (χ3v) is 5.81. The maximum atomic E-state index is 13.8. The molecule has 1 N–H and O–H groups in total. The van der Waals surface area contributed by atoms with Gasteiger partial charge in [-0.1, -0.05) is 12.1 Å². The number of rotatable bonds is 5. The van der Waals surface area contributed by atoms with E-state index >= 15 is 0 Å². The highest BCUT2D eigenvalue weighted by Gasteiger charge is 2.39. The summed E-state index contributed by atoms with van der Waals surface area (Å²) in [7, 11) is 0. The summed E-state index contributed by atoms with van der Waals surface area (Å²) in [5, 5.41) is 7.11. The Labute approximate surface area is 172 Å². The quantitative estimate of drug-likeness (QED) is 0.800. The van der Waals surface area contributed by atoms with E-state index in [1.807, 2.05) is 0 Å². The Morgan fingerprint density at radius 1 is 1.33 bits per heavy atom. The molecule has 0 saturated carbocycles. The van der Waals surface area contributed by atoms with Gasteiger partial charge in [0.2, 0.25) is 5.95 Å². The minimum atomic E-state index is -2.55. The molecule has 0 bridgehead atoms. The smallest absolute Gasteiger partial charge is 0.263 e. The van der Waals surface area contributed by atoms with Gasteiger partial charge >= 0.3 is 0 Å². The van der Waals surface area contributed by atoms with Crippen LogP contribution in [-0.2, 0) is 4.79 Å². The molecule has 1 saturated heterocycles. The fraction of sp³-hybridized carbons (Fsp3) is 0.550. The Bertz CT molecular complexity index is 893. The predicted molar refractivity (Wildman–Crippen MR) is 103 cm³/mol. The van der Waals surface area contributed by atoms with E-state index in [0.29, 0.717) is 19.0 Å². The van der Waals surface area contributed by atoms with Crippen molar-refractivity contribution in [3.8, 4) is 5.75 Å². The molecular weight excluding hydrogens is 399 g/mol. The van der Waals surface area contributed by atoms with Crippen LogP contribution < -0.4 is 10.1 Å². The van der Waals surface area contributed by atoms with Gasteiger partial charge in [-0.3, -0.25) is 4.79 Å². The molecule has 1 aromatic carbocycles. The summed E-state index contributed by atoms with van der Waals surface area (Å²) in [5.74, 6) is -0.416. The number of ether oxygens (including phenoxy) is 1. The number of anilines is 1. The van der Waals surface area contributed by atoms with Crippen LogP contribution >= 0.6 is 0 Å². The number of carbonyl (C=O) groups is 1. The van der Waals surface area contributed by atoms with E-state index in [4.69, 9.17) is 4.74 Å². The van der Waals surface area contributed by atoms with Gasteiger partial charge in [0.25, 0.3) is 12.3 Å². The van der Waals surface area contributed by atoms with Crippen LogP contribution in [0, 0.1) is 11.7 Å². The number of nitrogens with one attached hydrogen (secondary N) is 1. The zero-order valence-electron chi connectivity index (χ0n) is 16.5. The average molecular weight is 423 g/mol. The summed E-state index contributed by atoms with van der Waals surface area (Å²) >= 11 is 0. The summed E-state index contributed by atoms with van der Waals surface area (Å²) in [6.07, 6.45) is -0.357. The Morgan fingerprint density at radius 3 is 2.90 bits per heavy atom. The topological polar surface area (TPSA) is 72.3 Å². The molecule has 2 unspecified atom stereocenters. The molecule has 3 heterocycles. The maximum Gasteiger partial charge on any atom is 0.263 e. The monoisotopic (exact) mass is 423 g/mol. The number of hydrogen-bond acceptors (Lipinski definition) is 5. The minimum Gasteiger partial charge on any atom is -0.478 e. The van der Waals surface area contributed by atoms with Crippen molar-refractivity contribution in [1.29, 1.82) is 0 Å². The van der Waals surface area contributed by atoms with Gasteiger partial charge in [0, 0.05) is 19.1 Å². The standard InChI is InChI=1S/C20H24F3N5O2/c1-12(30-17-7-3-2-6-14(17)21)19(29)27-8-4-5-13(10-27)15-9-16(18(22)23)28-20(26-15)24-11-25-28/h2-3,6-7,11-13,15-16,18H,4-5,8-10H2,1H3,(H,24,25,26)/t12?,13?,15-,16+/m0/s1. The summed E-state index contributed by atoms with van der Waals surface area (Å²) in [6, 6.07) is 4.66. The van der Waals surface area contributed by atoms with Crippen molar-refractivity contribution in [2.24, 2.45) is 5.92 Å². The highest BCUT2D eigenvalue weighted by molar-refractivity contribution is 5.81. The van der Waals surface area contributed by atoms with E-state index in [0.717, 1.165) is 12.8 Å². The largest absolute Gasteiger partial charge is 0.478 e. The first kappa shape index (κ1) is 20.5. The van der Waals surface area contributed by atoms with Crippen LogP contribution in [0.15, 0.2) is 30.6 Å². The highest BCUT2D eigenvalue weighted by atomic mass is 19.3. The second-order valence-electron chi connectivity index (χ2n) is 7.79. The van der Waals surface area contributed by atoms with Crippen LogP contribution in [-0.4, -0.2) is 57.2 Å². The van der Waals surface area contributed by atoms with Crippen molar-refractivity contribution in [2.45, 2.75) is 50.8 Å². The van der Waals surface area contributed by atoms with E-state index in [1.165, 1.54) is 23.1 Å². The molecule has 4 atom stereocenters. The Kier molecular flexibility index (Phi) is 5.83. The maximum absolute atomic E-state index is 13.8. The predicted octanol–water partition coefficient (Wildman–Crippen LogP) is 3.11. The van der Waals surface area contributed by atoms with Gasteiger partial charge in [-0.15, -0.1) is 0 Å². The highest BCUT2D eigenvalue weighted by Crippen LogP contribution is 2.35. The van der Waals surface area contributed by atoms with Crippen molar-refractivity contribution >= 4 is 11.9 Å². The molecule has 0 radical (unpaired) electrons. The molecule has 7 nitrogen and oxygen atoms in total. The van der Waals surface area contributed by atoms with Crippen LogP contribution in [0.3, 0.4) is 0 Å². The summed E-state index contributed by atoms with van der Waals surface area (Å²) < 4.78 is 47.7. The number of carbonyl (C=O) groups excluding carboxylic acids is 1. The molecule has 0 spiro atoms. The van der Waals surface area contributed by atoms with Gasteiger partial charge in [0.15, 0.2) is 17.7 Å². The zero-order chi connectivity index (χ0) is 21.3. The number of para-hydroxylation sites is 1. The van der Waals surface area contributed by atoms with Gasteiger partial charge in [-0.2, -0.15) is 10.1 Å². The second kappa shape index (κ2) is 8.53. The fourth-order valence-corrected chi connectivity index (χ4v) is 4.28. The van der Waals surface area contributed by atoms with Crippen LogP contribution in [0.5, 0.6) is 5.75 Å². The van der Waals surface area contributed by atoms with Gasteiger partial charge in [0.05, 0.1) is 0 Å². The SMILES string of the molecule is CC(Oc1ccccc1F)C(=O)N1CCCC([C@@H]2C[C@H](C(F)F)n3ncnc3N2)C1. The second-order valence-corrected chi connectivity index (χ2v) is 7.79. The van der Waals surface area contributed by atoms with Crippen LogP contribution in [0.25, 0.3) is 0 Å². The first-order valence-electron chi connectivity index (χ1n) is 10.1. The van der Waals surface area contributed by atoms with Gasteiger partial charge in [0.1, 0.15) is 12.4 Å². The van der Waals surface area contributed by atoms with Crippen molar-refractivity contribution in [2.75, 3.05) is 18.4 Å². The summed E-state index contributed by atoms with van der Waals surface area (Å²) in [4.78, 5) is 18.6. The Morgan fingerprint density at radius 2 is 2.13 bits per heavy atom. The number of halogens is 3. The van der Waals surface area contributed by atoms with Crippen molar-refractivity contribution in [1.82, 2.24) is 19.7 Å². The number of aromatic nitrogens is 3. The van der Waals surface area contributed by atoms with Crippen molar-refractivity contribution in [3.63, 3.8) is 0 Å². The van der Waals surface area contributed by atoms with E-state index in [9.17, 15) is 18.0 Å². The molecule has 30 heavy (non-hydrogen) atoms. The van der Waals surface area contributed by atoms with Crippen molar-refractivity contribution in [3.05, 3.63) is 36.4 Å². The Balaban J connectivity index is 1.42. The first-order chi connectivity index (χ1) is 14.4. The lowest BCUT2D eigenvalue weighted by atomic mass is 9.86.